The molecule has 0 saturated heterocycles. The van der Waals surface area contributed by atoms with E-state index in [1.54, 1.807) is 19.9 Å². The van der Waals surface area contributed by atoms with Gasteiger partial charge in [-0.15, -0.1) is 0 Å². The number of benzene rings is 1. The third-order valence-corrected chi connectivity index (χ3v) is 3.81. The van der Waals surface area contributed by atoms with E-state index in [1.807, 2.05) is 32.9 Å². The summed E-state index contributed by atoms with van der Waals surface area (Å²) in [6.45, 7) is 9.06. The Morgan fingerprint density at radius 2 is 1.89 bits per heavy atom. The second kappa shape index (κ2) is 5.02. The maximum absolute atomic E-state index is 12.4. The van der Waals surface area contributed by atoms with Gasteiger partial charge in [0.1, 0.15) is 6.07 Å². The summed E-state index contributed by atoms with van der Waals surface area (Å²) in [6.07, 6.45) is 0. The molecule has 4 heteroatoms. The molecule has 0 aliphatic heterocycles. The van der Waals surface area contributed by atoms with Crippen LogP contribution in [0.4, 0.5) is 5.69 Å². The van der Waals surface area contributed by atoms with Gasteiger partial charge in [0.2, 0.25) is 5.91 Å². The summed E-state index contributed by atoms with van der Waals surface area (Å²) in [5.41, 5.74) is 6.49. The van der Waals surface area contributed by atoms with Gasteiger partial charge in [-0.3, -0.25) is 4.79 Å². The highest BCUT2D eigenvalue weighted by Crippen LogP contribution is 2.30. The fourth-order valence-electron chi connectivity index (χ4n) is 1.49. The second-order valence-electron chi connectivity index (χ2n) is 5.91. The Bertz CT molecular complexity index is 533. The number of nitrogens with one attached hydrogen (secondary N) is 1. The van der Waals surface area contributed by atoms with Gasteiger partial charge in [-0.2, -0.15) is 5.26 Å². The minimum absolute atomic E-state index is 0.192. The van der Waals surface area contributed by atoms with Gasteiger partial charge >= 0.3 is 0 Å². The maximum atomic E-state index is 12.4. The summed E-state index contributed by atoms with van der Waals surface area (Å²) in [5.74, 6) is -0.192. The molecule has 4 nitrogen and oxygen atoms in total. The molecule has 102 valence electrons. The van der Waals surface area contributed by atoms with E-state index in [0.29, 0.717) is 11.3 Å². The largest absolute Gasteiger partial charge is 0.325 e. The first kappa shape index (κ1) is 15.2. The van der Waals surface area contributed by atoms with Gasteiger partial charge in [0.25, 0.3) is 0 Å². The van der Waals surface area contributed by atoms with Crippen molar-refractivity contribution in [1.29, 1.82) is 5.26 Å². The topological polar surface area (TPSA) is 78.9 Å². The predicted octanol–water partition coefficient (Wildman–Crippen LogP) is 2.57. The minimum Gasteiger partial charge on any atom is -0.325 e. The summed E-state index contributed by atoms with van der Waals surface area (Å²) in [6, 6.07) is 7.49. The predicted molar refractivity (Wildman–Crippen MR) is 76.6 cm³/mol. The summed E-state index contributed by atoms with van der Waals surface area (Å²) in [4.78, 5) is 12.4. The van der Waals surface area contributed by atoms with Gasteiger partial charge in [0, 0.05) is 5.54 Å². The average Bonchev–Trinajstić information content (AvgIpc) is 2.27. The Morgan fingerprint density at radius 1 is 1.32 bits per heavy atom. The molecule has 0 atom stereocenters. The molecule has 0 aliphatic rings. The van der Waals surface area contributed by atoms with E-state index in [9.17, 15) is 4.79 Å². The zero-order valence-electron chi connectivity index (χ0n) is 12.2. The van der Waals surface area contributed by atoms with Gasteiger partial charge in [-0.05, 0) is 46.2 Å². The smallest absolute Gasteiger partial charge is 0.231 e. The Labute approximate surface area is 114 Å². The Balaban J connectivity index is 3.09. The highest BCUT2D eigenvalue weighted by Gasteiger charge is 2.40. The maximum Gasteiger partial charge on any atom is 0.231 e. The molecule has 0 aliphatic carbocycles. The van der Waals surface area contributed by atoms with Crippen molar-refractivity contribution < 1.29 is 4.79 Å². The number of carbonyl (C=O) groups excluding carboxylic acids is 1. The van der Waals surface area contributed by atoms with Gasteiger partial charge in [-0.1, -0.05) is 12.1 Å². The van der Waals surface area contributed by atoms with Crippen LogP contribution >= 0.6 is 0 Å². The van der Waals surface area contributed by atoms with Gasteiger partial charge in [-0.25, -0.2) is 0 Å². The lowest BCUT2D eigenvalue weighted by Crippen LogP contribution is -2.53. The van der Waals surface area contributed by atoms with Crippen LogP contribution in [0, 0.1) is 23.7 Å². The van der Waals surface area contributed by atoms with E-state index in [1.165, 1.54) is 0 Å². The van der Waals surface area contributed by atoms with E-state index in [2.05, 4.69) is 11.4 Å². The SMILES string of the molecule is Cc1cccc(NC(=O)C(C)(C)C(C)(C)N)c1C#N. The van der Waals surface area contributed by atoms with E-state index < -0.39 is 11.0 Å². The molecule has 0 fully saturated rings. The molecule has 1 aromatic carbocycles. The first-order valence-corrected chi connectivity index (χ1v) is 6.21. The van der Waals surface area contributed by atoms with Crippen molar-refractivity contribution in [3.05, 3.63) is 29.3 Å². The van der Waals surface area contributed by atoms with Gasteiger partial charge in [0.15, 0.2) is 0 Å². The fourth-order valence-corrected chi connectivity index (χ4v) is 1.49. The summed E-state index contributed by atoms with van der Waals surface area (Å²) in [7, 11) is 0. The average molecular weight is 259 g/mol. The molecule has 0 saturated carbocycles. The van der Waals surface area contributed by atoms with E-state index >= 15 is 0 Å². The zero-order valence-corrected chi connectivity index (χ0v) is 12.2. The lowest BCUT2D eigenvalue weighted by Gasteiger charge is -2.37. The molecular formula is C15H21N3O. The van der Waals surface area contributed by atoms with Crippen LogP contribution in [0.25, 0.3) is 0 Å². The lowest BCUT2D eigenvalue weighted by molar-refractivity contribution is -0.126. The van der Waals surface area contributed by atoms with Crippen molar-refractivity contribution in [2.45, 2.75) is 40.2 Å². The molecule has 19 heavy (non-hydrogen) atoms. The molecule has 0 aromatic heterocycles. The van der Waals surface area contributed by atoms with Crippen LogP contribution in [0.5, 0.6) is 0 Å². The van der Waals surface area contributed by atoms with Crippen LogP contribution in [0.3, 0.4) is 0 Å². The molecule has 1 amide bonds. The van der Waals surface area contributed by atoms with Crippen LogP contribution in [-0.4, -0.2) is 11.4 Å². The van der Waals surface area contributed by atoms with Crippen LogP contribution < -0.4 is 11.1 Å². The molecule has 0 radical (unpaired) electrons. The molecule has 0 unspecified atom stereocenters. The number of nitrogens with two attached hydrogens (primary N) is 1. The van der Waals surface area contributed by atoms with Crippen LogP contribution in [-0.2, 0) is 4.79 Å². The number of hydrogen-bond donors (Lipinski definition) is 2. The van der Waals surface area contributed by atoms with E-state index in [4.69, 9.17) is 11.0 Å². The first-order valence-electron chi connectivity index (χ1n) is 6.21. The number of carbonyl (C=O) groups is 1. The van der Waals surface area contributed by atoms with Crippen LogP contribution in [0.2, 0.25) is 0 Å². The van der Waals surface area contributed by atoms with Gasteiger partial charge < -0.3 is 11.1 Å². The summed E-state index contributed by atoms with van der Waals surface area (Å²) in [5, 5.41) is 12.0. The van der Waals surface area contributed by atoms with Crippen molar-refractivity contribution in [1.82, 2.24) is 0 Å². The Hall–Kier alpha value is -1.86. The number of rotatable bonds is 3. The van der Waals surface area contributed by atoms with Crippen molar-refractivity contribution in [3.8, 4) is 6.07 Å². The molecule has 0 bridgehead atoms. The van der Waals surface area contributed by atoms with Crippen LogP contribution in [0.15, 0.2) is 18.2 Å². The monoisotopic (exact) mass is 259 g/mol. The first-order chi connectivity index (χ1) is 8.61. The second-order valence-corrected chi connectivity index (χ2v) is 5.91. The number of anilines is 1. The standard InChI is InChI=1S/C15H21N3O/c1-10-7-6-8-12(11(10)9-16)18-13(19)14(2,3)15(4,5)17/h6-8H,17H2,1-5H3,(H,18,19). The van der Waals surface area contributed by atoms with E-state index in [-0.39, 0.29) is 5.91 Å². The van der Waals surface area contributed by atoms with Crippen LogP contribution in [0.1, 0.15) is 38.8 Å². The normalized spacial score (nSPS) is 11.8. The number of hydrogen-bond acceptors (Lipinski definition) is 3. The number of nitrogens with zero attached hydrogens (tertiary/aromatic N) is 1. The molecule has 0 spiro atoms. The fraction of sp³-hybridized carbons (Fsp3) is 0.467. The van der Waals surface area contributed by atoms with Crippen molar-refractivity contribution in [3.63, 3.8) is 0 Å². The number of aryl methyl sites for hydroxylation is 1. The quantitative estimate of drug-likeness (QED) is 0.875. The third kappa shape index (κ3) is 2.94. The third-order valence-electron chi connectivity index (χ3n) is 3.81. The van der Waals surface area contributed by atoms with E-state index in [0.717, 1.165) is 5.56 Å². The minimum atomic E-state index is -0.747. The molecular weight excluding hydrogens is 238 g/mol. The molecule has 3 N–H and O–H groups in total. The van der Waals surface area contributed by atoms with Crippen molar-refractivity contribution >= 4 is 11.6 Å². The number of amides is 1. The summed E-state index contributed by atoms with van der Waals surface area (Å²) >= 11 is 0. The number of nitriles is 1. The Kier molecular flexibility index (Phi) is 4.02. The highest BCUT2D eigenvalue weighted by atomic mass is 16.2. The lowest BCUT2D eigenvalue weighted by atomic mass is 9.74. The zero-order chi connectivity index (χ0) is 14.8. The Morgan fingerprint density at radius 3 is 2.37 bits per heavy atom. The van der Waals surface area contributed by atoms with Gasteiger partial charge in [0.05, 0.1) is 16.7 Å². The highest BCUT2D eigenvalue weighted by molar-refractivity contribution is 5.97. The molecule has 1 aromatic rings. The molecule has 0 heterocycles. The van der Waals surface area contributed by atoms with Crippen molar-refractivity contribution in [2.75, 3.05) is 5.32 Å². The molecule has 1 rings (SSSR count). The summed E-state index contributed by atoms with van der Waals surface area (Å²) < 4.78 is 0. The van der Waals surface area contributed by atoms with Crippen molar-refractivity contribution in [2.24, 2.45) is 11.1 Å².